The average molecular weight is 627 g/mol. The zero-order valence-electron chi connectivity index (χ0n) is 24.9. The van der Waals surface area contributed by atoms with Crippen molar-refractivity contribution in [2.45, 2.75) is 48.4 Å². The number of carbonyl (C=O) groups excluding carboxylic acids is 2. The largest absolute Gasteiger partial charge is 0.458 e. The van der Waals surface area contributed by atoms with E-state index < -0.39 is 58.4 Å². The van der Waals surface area contributed by atoms with Crippen LogP contribution in [0.1, 0.15) is 33.6 Å². The molecule has 1 fully saturated rings. The number of methoxy groups -OCH3 is 3. The quantitative estimate of drug-likeness (QED) is 0.178. The Hall–Kier alpha value is -3.61. The van der Waals surface area contributed by atoms with Crippen molar-refractivity contribution in [2.24, 2.45) is 5.92 Å². The van der Waals surface area contributed by atoms with E-state index in [0.717, 1.165) is 0 Å². The summed E-state index contributed by atoms with van der Waals surface area (Å²) in [5.41, 5.74) is 0.680. The Morgan fingerprint density at radius 1 is 0.750 bits per heavy atom. The lowest BCUT2D eigenvalue weighted by Crippen LogP contribution is -2.38. The van der Waals surface area contributed by atoms with E-state index in [1.165, 1.54) is 21.3 Å². The number of ether oxygens (including phenoxy) is 6. The summed E-state index contributed by atoms with van der Waals surface area (Å²) in [6.07, 6.45) is -3.32. The van der Waals surface area contributed by atoms with Gasteiger partial charge in [0.1, 0.15) is 12.7 Å². The van der Waals surface area contributed by atoms with Crippen molar-refractivity contribution in [2.75, 3.05) is 33.7 Å². The Labute approximate surface area is 258 Å². The fraction of sp³-hybridized carbons (Fsp3) is 0.394. The van der Waals surface area contributed by atoms with Crippen LogP contribution >= 0.6 is 0 Å². The Balaban J connectivity index is 1.58. The van der Waals surface area contributed by atoms with Gasteiger partial charge in [0.2, 0.25) is 0 Å². The van der Waals surface area contributed by atoms with Gasteiger partial charge in [0, 0.05) is 40.1 Å². The molecule has 3 aromatic rings. The van der Waals surface area contributed by atoms with Crippen LogP contribution in [0.5, 0.6) is 0 Å². The van der Waals surface area contributed by atoms with Crippen LogP contribution in [0.2, 0.25) is 0 Å². The predicted octanol–water partition coefficient (Wildman–Crippen LogP) is 4.34. The van der Waals surface area contributed by atoms with Gasteiger partial charge in [-0.2, -0.15) is 0 Å². The minimum absolute atomic E-state index is 0.0716. The molecule has 0 radical (unpaired) electrons. The van der Waals surface area contributed by atoms with Crippen LogP contribution in [0, 0.1) is 5.92 Å². The van der Waals surface area contributed by atoms with Gasteiger partial charge in [-0.1, -0.05) is 54.6 Å². The third kappa shape index (κ3) is 8.73. The molecule has 3 aromatic carbocycles. The van der Waals surface area contributed by atoms with Crippen LogP contribution < -0.4 is 0 Å². The molecular weight excluding hydrogens is 588 g/mol. The molecule has 11 heteroatoms. The summed E-state index contributed by atoms with van der Waals surface area (Å²) in [6.45, 7) is -0.251. The van der Waals surface area contributed by atoms with E-state index in [4.69, 9.17) is 28.4 Å². The molecule has 10 nitrogen and oxygen atoms in total. The number of hydrogen-bond donors (Lipinski definition) is 0. The van der Waals surface area contributed by atoms with Crippen LogP contribution in [0.25, 0.3) is 0 Å². The molecule has 4 rings (SSSR count). The minimum Gasteiger partial charge on any atom is -0.458 e. The fourth-order valence-corrected chi connectivity index (χ4v) is 7.00. The van der Waals surface area contributed by atoms with Gasteiger partial charge >= 0.3 is 11.9 Å². The second-order valence-electron chi connectivity index (χ2n) is 10.4. The number of rotatable bonds is 15. The van der Waals surface area contributed by atoms with Crippen molar-refractivity contribution in [1.29, 1.82) is 0 Å². The summed E-state index contributed by atoms with van der Waals surface area (Å²) in [5, 5.41) is 0. The first-order valence-electron chi connectivity index (χ1n) is 14.3. The van der Waals surface area contributed by atoms with Crippen molar-refractivity contribution in [1.82, 2.24) is 0 Å². The van der Waals surface area contributed by atoms with E-state index in [1.807, 2.05) is 0 Å². The van der Waals surface area contributed by atoms with E-state index in [9.17, 15) is 18.0 Å². The third-order valence-electron chi connectivity index (χ3n) is 7.54. The molecule has 1 aliphatic rings. The average Bonchev–Trinajstić information content (AvgIpc) is 3.37. The molecule has 2 unspecified atom stereocenters. The smallest absolute Gasteiger partial charge is 0.338 e. The number of carbonyl (C=O) groups is 2. The van der Waals surface area contributed by atoms with Gasteiger partial charge in [0.05, 0.1) is 40.1 Å². The van der Waals surface area contributed by atoms with Gasteiger partial charge in [-0.05, 0) is 36.4 Å². The minimum atomic E-state index is -3.72. The summed E-state index contributed by atoms with van der Waals surface area (Å²) < 4.78 is 61.4. The summed E-state index contributed by atoms with van der Waals surface area (Å²) >= 11 is 0. The Kier molecular flexibility index (Phi) is 12.0. The van der Waals surface area contributed by atoms with E-state index in [0.29, 0.717) is 11.1 Å². The van der Waals surface area contributed by atoms with Crippen LogP contribution in [0.3, 0.4) is 0 Å². The van der Waals surface area contributed by atoms with Crippen LogP contribution in [-0.4, -0.2) is 84.8 Å². The van der Waals surface area contributed by atoms with Crippen LogP contribution in [0.15, 0.2) is 95.9 Å². The van der Waals surface area contributed by atoms with Crippen LogP contribution in [-0.2, 0) is 38.3 Å². The first-order chi connectivity index (χ1) is 21.2. The maximum atomic E-state index is 13.5. The standard InChI is InChI=1S/C33H38O10S/c1-38-30(39-2)20-28-27(22-44(36,37)26-17-11-6-12-18-26)31(40-3)29(43-28)19-25(42-33(35)24-15-9-5-10-16-24)21-41-32(34)23-13-7-4-8-14-23/h4-18,25,27-31H,19-22H2,1-3H3/t25-,27-,28?,29?,31+/m0/s1. The van der Waals surface area contributed by atoms with Gasteiger partial charge in [0.15, 0.2) is 16.1 Å². The Morgan fingerprint density at radius 2 is 1.30 bits per heavy atom. The molecule has 0 aromatic heterocycles. The zero-order valence-corrected chi connectivity index (χ0v) is 25.8. The van der Waals surface area contributed by atoms with Crippen molar-refractivity contribution >= 4 is 21.8 Å². The molecular formula is C33H38O10S. The van der Waals surface area contributed by atoms with E-state index in [-0.39, 0.29) is 30.1 Å². The van der Waals surface area contributed by atoms with Crippen molar-refractivity contribution in [3.63, 3.8) is 0 Å². The first-order valence-corrected chi connectivity index (χ1v) is 15.9. The zero-order chi connectivity index (χ0) is 31.5. The Bertz CT molecular complexity index is 1430. The van der Waals surface area contributed by atoms with E-state index in [2.05, 4.69) is 0 Å². The normalized spacial score (nSPS) is 20.7. The highest BCUT2D eigenvalue weighted by Crippen LogP contribution is 2.37. The molecule has 0 N–H and O–H groups in total. The highest BCUT2D eigenvalue weighted by Gasteiger charge is 2.48. The van der Waals surface area contributed by atoms with E-state index >= 15 is 0 Å². The molecule has 0 spiro atoms. The fourth-order valence-electron chi connectivity index (χ4n) is 5.32. The molecule has 0 bridgehead atoms. The summed E-state index contributed by atoms with van der Waals surface area (Å²) in [5.74, 6) is -2.04. The highest BCUT2D eigenvalue weighted by molar-refractivity contribution is 7.91. The SMILES string of the molecule is COC(CC1OC(C[C@@H](COC(=O)c2ccccc2)OC(=O)c2ccccc2)[C@H](OC)[C@H]1CS(=O)(=O)c1ccccc1)OC. The predicted molar refractivity (Wildman–Crippen MR) is 161 cm³/mol. The molecule has 0 aliphatic carbocycles. The van der Waals surface area contributed by atoms with Gasteiger partial charge < -0.3 is 28.4 Å². The maximum absolute atomic E-state index is 13.5. The van der Waals surface area contributed by atoms with Crippen molar-refractivity contribution in [3.05, 3.63) is 102 Å². The van der Waals surface area contributed by atoms with E-state index in [1.54, 1.807) is 91.0 Å². The number of esters is 2. The second kappa shape index (κ2) is 15.9. The molecule has 1 heterocycles. The van der Waals surface area contributed by atoms with Gasteiger partial charge in [-0.15, -0.1) is 0 Å². The lowest BCUT2D eigenvalue weighted by atomic mass is 9.94. The third-order valence-corrected chi connectivity index (χ3v) is 9.35. The van der Waals surface area contributed by atoms with Crippen molar-refractivity contribution < 1.29 is 46.4 Å². The summed E-state index contributed by atoms with van der Waals surface area (Å²) in [4.78, 5) is 26.0. The highest BCUT2D eigenvalue weighted by atomic mass is 32.2. The first kappa shape index (κ1) is 33.3. The molecule has 236 valence electrons. The topological polar surface area (TPSA) is 124 Å². The van der Waals surface area contributed by atoms with Gasteiger partial charge in [-0.3, -0.25) is 0 Å². The second-order valence-corrected chi connectivity index (χ2v) is 12.4. The van der Waals surface area contributed by atoms with Gasteiger partial charge in [-0.25, -0.2) is 18.0 Å². The Morgan fingerprint density at radius 3 is 1.84 bits per heavy atom. The lowest BCUT2D eigenvalue weighted by molar-refractivity contribution is -0.133. The van der Waals surface area contributed by atoms with Crippen LogP contribution in [0.4, 0.5) is 0 Å². The summed E-state index contributed by atoms with van der Waals surface area (Å²) in [7, 11) is 0.739. The summed E-state index contributed by atoms with van der Waals surface area (Å²) in [6, 6.07) is 25.1. The lowest BCUT2D eigenvalue weighted by Gasteiger charge is -2.26. The number of hydrogen-bond acceptors (Lipinski definition) is 10. The molecule has 0 amide bonds. The molecule has 1 saturated heterocycles. The monoisotopic (exact) mass is 626 g/mol. The van der Waals surface area contributed by atoms with Gasteiger partial charge in [0.25, 0.3) is 0 Å². The molecule has 0 saturated carbocycles. The number of benzene rings is 3. The molecule has 5 atom stereocenters. The molecule has 1 aliphatic heterocycles. The number of sulfone groups is 1. The molecule has 44 heavy (non-hydrogen) atoms. The maximum Gasteiger partial charge on any atom is 0.338 e. The van der Waals surface area contributed by atoms with Crippen molar-refractivity contribution in [3.8, 4) is 0 Å².